The highest BCUT2D eigenvalue weighted by Gasteiger charge is 2.62. The van der Waals surface area contributed by atoms with Gasteiger partial charge in [0.2, 0.25) is 10.8 Å². The third-order valence-corrected chi connectivity index (χ3v) is 10.8. The number of hydrogen-bond acceptors (Lipinski definition) is 20. The van der Waals surface area contributed by atoms with E-state index in [9.17, 15) is 43.2 Å². The monoisotopic (exact) mass is 919 g/mol. The number of rotatable bonds is 16. The number of nitrogens with one attached hydrogen (secondary N) is 1. The summed E-state index contributed by atoms with van der Waals surface area (Å²) >= 11 is 3.93. The van der Waals surface area contributed by atoms with Crippen LogP contribution in [0.5, 0.6) is 0 Å². The molecule has 0 radical (unpaired) electrons. The molecule has 0 unspecified atom stereocenters. The van der Waals surface area contributed by atoms with E-state index in [0.29, 0.717) is 11.8 Å². The number of benzene rings is 1. The van der Waals surface area contributed by atoms with Gasteiger partial charge in [0.25, 0.3) is 0 Å². The van der Waals surface area contributed by atoms with E-state index in [1.54, 1.807) is 18.2 Å². The second kappa shape index (κ2) is 22.0. The Hall–Kier alpha value is -4.80. The topological polar surface area (TPSA) is 258 Å². The summed E-state index contributed by atoms with van der Waals surface area (Å²) in [4.78, 5) is 113. The highest BCUT2D eigenvalue weighted by atomic mass is 79.9. The number of alkyl halides is 1. The van der Waals surface area contributed by atoms with Crippen molar-refractivity contribution in [2.45, 2.75) is 119 Å². The van der Waals surface area contributed by atoms with E-state index in [2.05, 4.69) is 21.2 Å². The molecule has 1 N–H and O–H groups in total. The molecule has 1 aromatic rings. The maximum absolute atomic E-state index is 14.3. The van der Waals surface area contributed by atoms with E-state index >= 15 is 0 Å². The van der Waals surface area contributed by atoms with Crippen molar-refractivity contribution < 1.29 is 90.5 Å². The Kier molecular flexibility index (Phi) is 18.1. The number of carbonyl (C=O) groups is 9. The number of hydrogen-bond donors (Lipinski definition) is 1. The molecule has 1 aromatic carbocycles. The van der Waals surface area contributed by atoms with Gasteiger partial charge in [0.1, 0.15) is 37.6 Å². The molecule has 2 heterocycles. The maximum atomic E-state index is 14.3. The third-order valence-electron chi connectivity index (χ3n) is 8.40. The average Bonchev–Trinajstić information content (AvgIpc) is 3.14. The highest BCUT2D eigenvalue weighted by Crippen LogP contribution is 2.49. The summed E-state index contributed by atoms with van der Waals surface area (Å²) in [5, 5.41) is -0.0870. The van der Waals surface area contributed by atoms with Gasteiger partial charge in [-0.05, 0) is 12.1 Å². The molecule has 326 valence electrons. The summed E-state index contributed by atoms with van der Waals surface area (Å²) in [7, 11) is 0.993. The number of carbonyl (C=O) groups excluding carboxylic acids is 9. The Morgan fingerprint density at radius 2 is 1.41 bits per heavy atom. The van der Waals surface area contributed by atoms with Crippen molar-refractivity contribution in [1.29, 1.82) is 0 Å². The molecule has 2 aliphatic heterocycles. The van der Waals surface area contributed by atoms with Gasteiger partial charge in [-0.3, -0.25) is 33.6 Å². The van der Waals surface area contributed by atoms with E-state index in [1.807, 2.05) is 0 Å². The number of halogens is 1. The molecule has 3 rings (SSSR count). The Labute approximate surface area is 351 Å². The zero-order chi connectivity index (χ0) is 44.2. The van der Waals surface area contributed by atoms with Crippen LogP contribution in [0.15, 0.2) is 30.3 Å². The number of amides is 1. The lowest BCUT2D eigenvalue weighted by atomic mass is 9.89. The first-order valence-electron chi connectivity index (χ1n) is 17.9. The fourth-order valence-electron chi connectivity index (χ4n) is 6.30. The number of ether oxygens (including phenoxy) is 10. The molecule has 22 heteroatoms. The number of methoxy groups -OCH3 is 1. The molecule has 0 bridgehead atoms. The SMILES string of the molecule is COC(=O)[C@@]1(S[C@@H]2[C@@H](OC(=O)c3ccccc3)[C@@H](Br)O[C@H](COC(C)=O)[C@@H]2OC(C)=O)C[C@H](OC(C)=O)[C@@H](NC(C)=O)[C@H]([C@H](OC(C)=O)[C@@H](COC(C)=O)OC(C)=O)O1. The van der Waals surface area contributed by atoms with Crippen LogP contribution >= 0.6 is 27.7 Å². The van der Waals surface area contributed by atoms with Gasteiger partial charge in [0.15, 0.2) is 23.3 Å². The minimum Gasteiger partial charge on any atom is -0.466 e. The van der Waals surface area contributed by atoms with Gasteiger partial charge in [-0.2, -0.15) is 0 Å². The number of esters is 8. The van der Waals surface area contributed by atoms with Crippen molar-refractivity contribution in [3.63, 3.8) is 0 Å². The smallest absolute Gasteiger partial charge is 0.349 e. The van der Waals surface area contributed by atoms with Crippen LogP contribution in [0, 0.1) is 0 Å². The van der Waals surface area contributed by atoms with Gasteiger partial charge in [-0.25, -0.2) is 9.59 Å². The lowest BCUT2D eigenvalue weighted by Crippen LogP contribution is -2.69. The molecule has 0 saturated carbocycles. The summed E-state index contributed by atoms with van der Waals surface area (Å²) in [5.74, 6) is -8.04. The van der Waals surface area contributed by atoms with Crippen LogP contribution in [-0.2, 0) is 85.7 Å². The van der Waals surface area contributed by atoms with Crippen molar-refractivity contribution in [1.82, 2.24) is 5.32 Å². The quantitative estimate of drug-likeness (QED) is 0.140. The van der Waals surface area contributed by atoms with Crippen LogP contribution in [0.25, 0.3) is 0 Å². The van der Waals surface area contributed by atoms with Gasteiger partial charge < -0.3 is 52.7 Å². The summed E-state index contributed by atoms with van der Waals surface area (Å²) in [5.41, 5.74) is 0.0975. The molecule has 59 heavy (non-hydrogen) atoms. The zero-order valence-electron chi connectivity index (χ0n) is 33.3. The van der Waals surface area contributed by atoms with Crippen LogP contribution < -0.4 is 5.32 Å². The molecule has 2 fully saturated rings. The summed E-state index contributed by atoms with van der Waals surface area (Å²) in [6.07, 6.45) is -11.8. The molecule has 1 amide bonds. The lowest BCUT2D eigenvalue weighted by Gasteiger charge is -2.51. The van der Waals surface area contributed by atoms with Gasteiger partial charge in [0, 0.05) is 54.9 Å². The van der Waals surface area contributed by atoms with E-state index in [0.717, 1.165) is 55.6 Å². The van der Waals surface area contributed by atoms with Crippen molar-refractivity contribution in [3.05, 3.63) is 35.9 Å². The minimum absolute atomic E-state index is 0.0975. The van der Waals surface area contributed by atoms with Crippen molar-refractivity contribution in [2.24, 2.45) is 0 Å². The first kappa shape index (κ1) is 48.6. The molecule has 2 saturated heterocycles. The molecule has 0 aliphatic carbocycles. The molecule has 2 aliphatic rings. The summed E-state index contributed by atoms with van der Waals surface area (Å²) in [6, 6.07) is 6.26. The van der Waals surface area contributed by atoms with Gasteiger partial charge in [-0.1, -0.05) is 34.1 Å². The van der Waals surface area contributed by atoms with E-state index in [-0.39, 0.29) is 5.56 Å². The molecule has 0 spiro atoms. The average molecular weight is 921 g/mol. The largest absolute Gasteiger partial charge is 0.466 e. The Morgan fingerprint density at radius 1 is 0.797 bits per heavy atom. The predicted octanol–water partition coefficient (Wildman–Crippen LogP) is 1.45. The third kappa shape index (κ3) is 13.9. The lowest BCUT2D eigenvalue weighted by molar-refractivity contribution is -0.224. The fraction of sp³-hybridized carbons (Fsp3) is 0.595. The van der Waals surface area contributed by atoms with Crippen LogP contribution in [0.4, 0.5) is 0 Å². The number of thioether (sulfide) groups is 1. The molecule has 20 nitrogen and oxygen atoms in total. The van der Waals surface area contributed by atoms with Crippen LogP contribution in [0.1, 0.15) is 65.2 Å². The first-order chi connectivity index (χ1) is 27.7. The second-order valence-electron chi connectivity index (χ2n) is 13.2. The fourth-order valence-corrected chi connectivity index (χ4v) is 8.96. The van der Waals surface area contributed by atoms with Crippen LogP contribution in [0.3, 0.4) is 0 Å². The van der Waals surface area contributed by atoms with Crippen molar-refractivity contribution in [3.8, 4) is 0 Å². The first-order valence-corrected chi connectivity index (χ1v) is 19.7. The Morgan fingerprint density at radius 3 is 1.93 bits per heavy atom. The van der Waals surface area contributed by atoms with Gasteiger partial charge >= 0.3 is 47.8 Å². The van der Waals surface area contributed by atoms with E-state index in [1.165, 1.54) is 12.1 Å². The Bertz CT molecular complexity index is 1730. The normalized spacial score (nSPS) is 27.3. The van der Waals surface area contributed by atoms with Crippen molar-refractivity contribution >= 4 is 81.4 Å². The van der Waals surface area contributed by atoms with Crippen molar-refractivity contribution in [2.75, 3.05) is 20.3 Å². The highest BCUT2D eigenvalue weighted by molar-refractivity contribution is 9.09. The molecular weight excluding hydrogens is 874 g/mol. The molecular formula is C37H46BrNO19S. The summed E-state index contributed by atoms with van der Waals surface area (Å²) in [6.45, 7) is 6.16. The van der Waals surface area contributed by atoms with Crippen LogP contribution in [0.2, 0.25) is 0 Å². The molecule has 0 aromatic heterocycles. The van der Waals surface area contributed by atoms with E-state index in [4.69, 9.17) is 47.4 Å². The van der Waals surface area contributed by atoms with Crippen LogP contribution in [-0.4, -0.2) is 138 Å². The maximum Gasteiger partial charge on any atom is 0.349 e. The van der Waals surface area contributed by atoms with Gasteiger partial charge in [-0.15, -0.1) is 11.8 Å². The molecule has 11 atom stereocenters. The standard InChI is InChI=1S/C37H46BrNO19S/c1-17(40)39-28-25(52-20(4)43)14-37(36(48)49-8,58-31(28)29(54-22(6)45)26(53-21(5)44)15-50-18(2)41)59-33-30(55-23(7)46)27(16-51-19(3)42)56-34(38)32(33)57-35(47)24-12-10-9-11-13-24/h9-13,25-34H,14-16H2,1-8H3,(H,39,40)/t25-,26+,27+,28+,29+,30-,31+,32+,33-,34-,37-/m0/s1. The van der Waals surface area contributed by atoms with E-state index < -0.39 is 137 Å². The van der Waals surface area contributed by atoms with Gasteiger partial charge in [0.05, 0.1) is 24.0 Å². The summed E-state index contributed by atoms with van der Waals surface area (Å²) < 4.78 is 56.7. The Balaban J connectivity index is 2.37. The second-order valence-corrected chi connectivity index (χ2v) is 15.5. The predicted molar refractivity (Wildman–Crippen MR) is 202 cm³/mol. The minimum atomic E-state index is -2.45. The zero-order valence-corrected chi connectivity index (χ0v) is 35.7.